The second-order valence-corrected chi connectivity index (χ2v) is 6.96. The van der Waals surface area contributed by atoms with Gasteiger partial charge < -0.3 is 26.9 Å². The zero-order valence-electron chi connectivity index (χ0n) is 16.0. The fraction of sp³-hybridized carbons (Fsp3) is 0.286. The number of nitrogens with two attached hydrogens (primary N) is 2. The van der Waals surface area contributed by atoms with Gasteiger partial charge in [0.2, 0.25) is 0 Å². The Morgan fingerprint density at radius 1 is 1.14 bits per heavy atom. The van der Waals surface area contributed by atoms with Crippen molar-refractivity contribution in [1.82, 2.24) is 15.3 Å². The third-order valence-electron chi connectivity index (χ3n) is 4.98. The molecule has 0 saturated carbocycles. The first-order chi connectivity index (χ1) is 14.0. The van der Waals surface area contributed by atoms with E-state index in [0.717, 1.165) is 16.8 Å². The number of hydrogen-bond acceptors (Lipinski definition) is 6. The Kier molecular flexibility index (Phi) is 6.38. The molecule has 7 N–H and O–H groups in total. The highest BCUT2D eigenvalue weighted by Crippen LogP contribution is 2.27. The molecule has 3 rings (SSSR count). The van der Waals surface area contributed by atoms with Gasteiger partial charge in [0.1, 0.15) is 5.82 Å². The molecular formula is C21H25N5O3. The summed E-state index contributed by atoms with van der Waals surface area (Å²) in [5.74, 6) is -1.12. The molecule has 0 amide bonds. The van der Waals surface area contributed by atoms with Gasteiger partial charge in [-0.3, -0.25) is 4.79 Å². The van der Waals surface area contributed by atoms with Gasteiger partial charge in [-0.05, 0) is 35.7 Å². The van der Waals surface area contributed by atoms with Crippen LogP contribution in [0.2, 0.25) is 0 Å². The summed E-state index contributed by atoms with van der Waals surface area (Å²) in [6.07, 6.45) is 3.79. The minimum Gasteiger partial charge on any atom is -0.480 e. The van der Waals surface area contributed by atoms with E-state index < -0.39 is 17.3 Å². The number of carboxylic acid groups (broad SMARTS) is 1. The maximum absolute atomic E-state index is 13.1. The quantitative estimate of drug-likeness (QED) is 0.258. The van der Waals surface area contributed by atoms with Crippen molar-refractivity contribution in [2.24, 2.45) is 11.5 Å². The van der Waals surface area contributed by atoms with Gasteiger partial charge in [0.05, 0.1) is 6.54 Å². The number of nitrogens with one attached hydrogen (secondary N) is 2. The summed E-state index contributed by atoms with van der Waals surface area (Å²) in [6, 6.07) is 10.9. The molecule has 2 aromatic carbocycles. The van der Waals surface area contributed by atoms with Crippen molar-refractivity contribution >= 4 is 22.5 Å². The molecular weight excluding hydrogens is 370 g/mol. The van der Waals surface area contributed by atoms with Crippen LogP contribution in [0.15, 0.2) is 48.8 Å². The van der Waals surface area contributed by atoms with Crippen LogP contribution in [0.1, 0.15) is 34.6 Å². The molecule has 0 aliphatic carbocycles. The molecule has 152 valence electrons. The van der Waals surface area contributed by atoms with Crippen LogP contribution in [0, 0.1) is 0 Å². The van der Waals surface area contributed by atoms with E-state index in [0.29, 0.717) is 30.5 Å². The van der Waals surface area contributed by atoms with Crippen LogP contribution in [0.5, 0.6) is 0 Å². The third-order valence-corrected chi connectivity index (χ3v) is 4.98. The smallest absolute Gasteiger partial charge is 0.331 e. The first-order valence-electron chi connectivity index (χ1n) is 9.44. The van der Waals surface area contributed by atoms with Crippen molar-refractivity contribution < 1.29 is 14.7 Å². The van der Waals surface area contributed by atoms with Crippen LogP contribution in [0.25, 0.3) is 10.8 Å². The minimum absolute atomic E-state index is 0.0154. The number of aliphatic carboxylic acids is 1. The van der Waals surface area contributed by atoms with Gasteiger partial charge in [0.25, 0.3) is 0 Å². The van der Waals surface area contributed by atoms with Gasteiger partial charge in [0.15, 0.2) is 11.3 Å². The normalized spacial score (nSPS) is 13.3. The Morgan fingerprint density at radius 2 is 1.90 bits per heavy atom. The molecule has 0 radical (unpaired) electrons. The second kappa shape index (κ2) is 8.95. The lowest BCUT2D eigenvalue weighted by molar-refractivity contribution is -0.141. The molecule has 0 bridgehead atoms. The number of carbonyl (C=O) groups is 2. The average molecular weight is 395 g/mol. The lowest BCUT2D eigenvalue weighted by Crippen LogP contribution is -2.55. The van der Waals surface area contributed by atoms with Crippen molar-refractivity contribution in [3.05, 3.63) is 65.7 Å². The van der Waals surface area contributed by atoms with Crippen LogP contribution >= 0.6 is 0 Å². The van der Waals surface area contributed by atoms with Crippen molar-refractivity contribution in [2.75, 3.05) is 6.54 Å². The van der Waals surface area contributed by atoms with Crippen molar-refractivity contribution in [1.29, 1.82) is 0 Å². The number of fused-ring (bicyclic) bond motifs is 1. The Morgan fingerprint density at radius 3 is 2.55 bits per heavy atom. The van der Waals surface area contributed by atoms with E-state index in [4.69, 9.17) is 11.5 Å². The van der Waals surface area contributed by atoms with Crippen LogP contribution in [-0.4, -0.2) is 38.9 Å². The van der Waals surface area contributed by atoms with E-state index >= 15 is 0 Å². The summed E-state index contributed by atoms with van der Waals surface area (Å²) in [5, 5.41) is 14.5. The predicted octanol–water partition coefficient (Wildman–Crippen LogP) is 1.56. The van der Waals surface area contributed by atoms with Crippen LogP contribution in [0.4, 0.5) is 0 Å². The highest BCUT2D eigenvalue weighted by atomic mass is 16.4. The number of aromatic amines is 1. The van der Waals surface area contributed by atoms with E-state index in [1.54, 1.807) is 18.5 Å². The summed E-state index contributed by atoms with van der Waals surface area (Å²) in [5.41, 5.74) is 10.8. The average Bonchev–Trinajstić information content (AvgIpc) is 3.25. The van der Waals surface area contributed by atoms with Gasteiger partial charge in [-0.1, -0.05) is 36.4 Å². The zero-order valence-corrected chi connectivity index (χ0v) is 16.0. The lowest BCUT2D eigenvalue weighted by Gasteiger charge is -2.24. The Bertz CT molecular complexity index is 1000. The second-order valence-electron chi connectivity index (χ2n) is 6.96. The number of nitrogens with zero attached hydrogens (tertiary/aromatic N) is 1. The minimum atomic E-state index is -2.00. The predicted molar refractivity (Wildman–Crippen MR) is 110 cm³/mol. The molecule has 1 aromatic heterocycles. The molecule has 0 aliphatic rings. The molecule has 8 nitrogen and oxygen atoms in total. The Hall–Kier alpha value is -3.07. The molecule has 8 heteroatoms. The van der Waals surface area contributed by atoms with E-state index in [2.05, 4.69) is 15.3 Å². The number of carbonyl (C=O) groups excluding carboxylic acids is 1. The van der Waals surface area contributed by atoms with Gasteiger partial charge in [-0.25, -0.2) is 9.78 Å². The topological polar surface area (TPSA) is 147 Å². The van der Waals surface area contributed by atoms with Crippen molar-refractivity contribution in [3.63, 3.8) is 0 Å². The monoisotopic (exact) mass is 395 g/mol. The SMILES string of the molecule is NCCC[C@](N)(C(=O)O)C(=O)c1ccc(CNCc2ncc[nH]2)c2ccccc12. The highest BCUT2D eigenvalue weighted by Gasteiger charge is 2.42. The van der Waals surface area contributed by atoms with Crippen molar-refractivity contribution in [3.8, 4) is 0 Å². The first kappa shape index (κ1) is 20.7. The standard InChI is InChI=1S/C21H25N5O3/c22-9-3-8-21(23,20(28)29)19(27)17-7-6-14(15-4-1-2-5-16(15)17)12-24-13-18-25-10-11-26-18/h1-2,4-7,10-11,24H,3,8-9,12-13,22-23H2,(H,25,26)(H,28,29)/t21-/m1/s1. The number of H-pyrrole nitrogens is 1. The van der Waals surface area contributed by atoms with Gasteiger partial charge in [-0.15, -0.1) is 0 Å². The fourth-order valence-corrected chi connectivity index (χ4v) is 3.36. The zero-order chi connectivity index (χ0) is 20.9. The van der Waals surface area contributed by atoms with Gasteiger partial charge >= 0.3 is 5.97 Å². The maximum atomic E-state index is 13.1. The Labute approximate surface area is 168 Å². The number of hydrogen-bond donors (Lipinski definition) is 5. The molecule has 0 fully saturated rings. The van der Waals surface area contributed by atoms with E-state index in [1.165, 1.54) is 0 Å². The largest absolute Gasteiger partial charge is 0.480 e. The van der Waals surface area contributed by atoms with Crippen molar-refractivity contribution in [2.45, 2.75) is 31.5 Å². The molecule has 0 aliphatic heterocycles. The molecule has 1 heterocycles. The first-order valence-corrected chi connectivity index (χ1v) is 9.44. The Balaban J connectivity index is 1.91. The number of aromatic nitrogens is 2. The van der Waals surface area contributed by atoms with Crippen LogP contribution < -0.4 is 16.8 Å². The number of carboxylic acids is 1. The summed E-state index contributed by atoms with van der Waals surface area (Å²) in [4.78, 5) is 32.1. The summed E-state index contributed by atoms with van der Waals surface area (Å²) in [6.45, 7) is 1.40. The number of rotatable bonds is 10. The van der Waals surface area contributed by atoms with Gasteiger partial charge in [-0.2, -0.15) is 0 Å². The summed E-state index contributed by atoms with van der Waals surface area (Å²) < 4.78 is 0. The summed E-state index contributed by atoms with van der Waals surface area (Å²) in [7, 11) is 0. The summed E-state index contributed by atoms with van der Waals surface area (Å²) >= 11 is 0. The molecule has 0 unspecified atom stereocenters. The number of benzene rings is 2. The van der Waals surface area contributed by atoms with Gasteiger partial charge in [0, 0.05) is 24.5 Å². The molecule has 1 atom stereocenters. The lowest BCUT2D eigenvalue weighted by atomic mass is 9.83. The number of imidazole rings is 1. The fourth-order valence-electron chi connectivity index (χ4n) is 3.36. The third kappa shape index (κ3) is 4.34. The molecule has 29 heavy (non-hydrogen) atoms. The van der Waals surface area contributed by atoms with Crippen LogP contribution in [0.3, 0.4) is 0 Å². The maximum Gasteiger partial charge on any atom is 0.331 e. The molecule has 0 spiro atoms. The molecule has 0 saturated heterocycles. The van der Waals surface area contributed by atoms with E-state index in [-0.39, 0.29) is 13.0 Å². The number of ketones is 1. The molecule has 3 aromatic rings. The number of Topliss-reactive ketones (excluding diaryl/α,β-unsaturated/α-hetero) is 1. The van der Waals surface area contributed by atoms with E-state index in [9.17, 15) is 14.7 Å². The van der Waals surface area contributed by atoms with Crippen LogP contribution in [-0.2, 0) is 17.9 Å². The highest BCUT2D eigenvalue weighted by molar-refractivity contribution is 6.20. The van der Waals surface area contributed by atoms with E-state index in [1.807, 2.05) is 30.3 Å².